The summed E-state index contributed by atoms with van der Waals surface area (Å²) in [7, 11) is 0. The summed E-state index contributed by atoms with van der Waals surface area (Å²) in [4.78, 5) is 21.5. The van der Waals surface area contributed by atoms with E-state index < -0.39 is 9.85 Å². The van der Waals surface area contributed by atoms with E-state index in [0.29, 0.717) is 5.56 Å². The van der Waals surface area contributed by atoms with Crippen LogP contribution >= 0.6 is 12.2 Å². The van der Waals surface area contributed by atoms with E-state index in [0.717, 1.165) is 36.1 Å². The summed E-state index contributed by atoms with van der Waals surface area (Å²) < 4.78 is 0. The molecule has 0 unspecified atom stereocenters. The number of nitrogens with two attached hydrogens (primary N) is 1. The maximum absolute atomic E-state index is 11.3. The fourth-order valence-corrected chi connectivity index (χ4v) is 4.42. The molecule has 158 valence electrons. The van der Waals surface area contributed by atoms with Gasteiger partial charge in [-0.25, -0.2) is 5.01 Å². The van der Waals surface area contributed by atoms with Crippen LogP contribution in [-0.2, 0) is 0 Å². The molecule has 2 aliphatic rings. The number of fused-ring (bicyclic) bond motifs is 1. The van der Waals surface area contributed by atoms with E-state index in [1.807, 2.05) is 18.2 Å². The van der Waals surface area contributed by atoms with Gasteiger partial charge in [0.05, 0.1) is 21.6 Å². The largest absolute Gasteiger partial charge is 0.375 e. The Morgan fingerprint density at radius 3 is 2.48 bits per heavy atom. The van der Waals surface area contributed by atoms with Gasteiger partial charge in [-0.15, -0.1) is 0 Å². The molecule has 9 nitrogen and oxygen atoms in total. The maximum atomic E-state index is 11.3. The van der Waals surface area contributed by atoms with Gasteiger partial charge in [0.2, 0.25) is 0 Å². The third kappa shape index (κ3) is 4.02. The second-order valence-electron chi connectivity index (χ2n) is 7.49. The molecule has 2 N–H and O–H groups in total. The van der Waals surface area contributed by atoms with Crippen molar-refractivity contribution in [2.24, 2.45) is 16.8 Å². The lowest BCUT2D eigenvalue weighted by atomic mass is 9.77. The zero-order valence-electron chi connectivity index (χ0n) is 16.4. The molecule has 0 aromatic heterocycles. The second kappa shape index (κ2) is 8.23. The van der Waals surface area contributed by atoms with Crippen LogP contribution in [-0.4, -0.2) is 25.7 Å². The van der Waals surface area contributed by atoms with Crippen molar-refractivity contribution in [3.63, 3.8) is 0 Å². The molecule has 4 rings (SSSR count). The fraction of sp³-hybridized carbons (Fsp3) is 0.238. The van der Waals surface area contributed by atoms with Gasteiger partial charge in [-0.1, -0.05) is 24.3 Å². The SMILES string of the molecule is NC(=S)N1N=C2/C(=C\c3cccc([N+](=O)[O-])c3)CCC[C@@H]2[C@H]1c1cccc([N+](=O)[O-])c1. The Morgan fingerprint density at radius 2 is 1.81 bits per heavy atom. The van der Waals surface area contributed by atoms with Crippen molar-refractivity contribution in [3.05, 3.63) is 85.5 Å². The quantitative estimate of drug-likeness (QED) is 0.428. The molecule has 1 heterocycles. The van der Waals surface area contributed by atoms with Crippen LogP contribution in [0.5, 0.6) is 0 Å². The highest BCUT2D eigenvalue weighted by Gasteiger charge is 2.42. The van der Waals surface area contributed by atoms with Crippen molar-refractivity contribution in [1.82, 2.24) is 5.01 Å². The van der Waals surface area contributed by atoms with E-state index >= 15 is 0 Å². The van der Waals surface area contributed by atoms with Gasteiger partial charge in [-0.2, -0.15) is 5.10 Å². The number of thiocarbonyl (C=S) groups is 1. The molecule has 0 bridgehead atoms. The number of hydrazone groups is 1. The zero-order chi connectivity index (χ0) is 22.1. The Balaban J connectivity index is 1.74. The minimum atomic E-state index is -0.431. The summed E-state index contributed by atoms with van der Waals surface area (Å²) >= 11 is 5.22. The van der Waals surface area contributed by atoms with Crippen LogP contribution in [0, 0.1) is 26.1 Å². The molecule has 0 saturated heterocycles. The molecule has 31 heavy (non-hydrogen) atoms. The molecule has 1 aliphatic carbocycles. The smallest absolute Gasteiger partial charge is 0.270 e. The lowest BCUT2D eigenvalue weighted by Gasteiger charge is -2.29. The number of nitro groups is 2. The predicted molar refractivity (Wildman–Crippen MR) is 120 cm³/mol. The van der Waals surface area contributed by atoms with Crippen molar-refractivity contribution in [1.29, 1.82) is 0 Å². The van der Waals surface area contributed by atoms with Crippen LogP contribution in [0.15, 0.2) is 59.2 Å². The van der Waals surface area contributed by atoms with Gasteiger partial charge in [0.1, 0.15) is 0 Å². The summed E-state index contributed by atoms with van der Waals surface area (Å²) in [5.74, 6) is -0.0396. The molecule has 0 radical (unpaired) electrons. The van der Waals surface area contributed by atoms with Crippen molar-refractivity contribution in [2.75, 3.05) is 0 Å². The Morgan fingerprint density at radius 1 is 1.13 bits per heavy atom. The summed E-state index contributed by atoms with van der Waals surface area (Å²) in [5.41, 5.74) is 9.20. The first-order valence-electron chi connectivity index (χ1n) is 9.72. The Labute approximate surface area is 183 Å². The van der Waals surface area contributed by atoms with Gasteiger partial charge >= 0.3 is 0 Å². The molecule has 2 aromatic rings. The molecule has 2 atom stereocenters. The number of nitrogens with zero attached hydrogens (tertiary/aromatic N) is 4. The van der Waals surface area contributed by atoms with Crippen LogP contribution in [0.1, 0.15) is 36.4 Å². The minimum Gasteiger partial charge on any atom is -0.375 e. The van der Waals surface area contributed by atoms with E-state index in [1.165, 1.54) is 24.3 Å². The van der Waals surface area contributed by atoms with E-state index in [9.17, 15) is 20.2 Å². The monoisotopic (exact) mass is 437 g/mol. The average molecular weight is 437 g/mol. The maximum Gasteiger partial charge on any atom is 0.270 e. The first-order chi connectivity index (χ1) is 14.8. The Kier molecular flexibility index (Phi) is 5.47. The van der Waals surface area contributed by atoms with E-state index in [1.54, 1.807) is 17.1 Å². The van der Waals surface area contributed by atoms with Crippen molar-refractivity contribution < 1.29 is 9.85 Å². The third-order valence-electron chi connectivity index (χ3n) is 5.57. The van der Waals surface area contributed by atoms with Crippen molar-refractivity contribution in [2.45, 2.75) is 25.3 Å². The molecule has 0 spiro atoms. The lowest BCUT2D eigenvalue weighted by Crippen LogP contribution is -2.35. The summed E-state index contributed by atoms with van der Waals surface area (Å²) in [6.07, 6.45) is 4.40. The summed E-state index contributed by atoms with van der Waals surface area (Å²) in [6, 6.07) is 12.5. The van der Waals surface area contributed by atoms with Gasteiger partial charge in [-0.05, 0) is 54.3 Å². The lowest BCUT2D eigenvalue weighted by molar-refractivity contribution is -0.385. The number of hydrogen-bond acceptors (Lipinski definition) is 6. The van der Waals surface area contributed by atoms with Gasteiger partial charge < -0.3 is 5.73 Å². The molecular formula is C21H19N5O4S. The first kappa shape index (κ1) is 20.6. The Bertz CT molecular complexity index is 1150. The normalized spacial score (nSPS) is 21.5. The number of rotatable bonds is 4. The van der Waals surface area contributed by atoms with Gasteiger partial charge in [-0.3, -0.25) is 20.2 Å². The van der Waals surface area contributed by atoms with Crippen LogP contribution in [0.3, 0.4) is 0 Å². The fourth-order valence-electron chi connectivity index (χ4n) is 4.27. The van der Waals surface area contributed by atoms with E-state index in [-0.39, 0.29) is 28.4 Å². The van der Waals surface area contributed by atoms with Crippen LogP contribution in [0.2, 0.25) is 0 Å². The number of nitro benzene ring substituents is 2. The highest BCUT2D eigenvalue weighted by atomic mass is 32.1. The van der Waals surface area contributed by atoms with Crippen LogP contribution < -0.4 is 5.73 Å². The molecule has 0 amide bonds. The number of benzene rings is 2. The predicted octanol–water partition coefficient (Wildman–Crippen LogP) is 4.34. The van der Waals surface area contributed by atoms with Crippen molar-refractivity contribution in [3.8, 4) is 0 Å². The molecule has 2 aromatic carbocycles. The van der Waals surface area contributed by atoms with Gasteiger partial charge in [0, 0.05) is 30.2 Å². The minimum absolute atomic E-state index is 0.00277. The van der Waals surface area contributed by atoms with Crippen LogP contribution in [0.25, 0.3) is 6.08 Å². The zero-order valence-corrected chi connectivity index (χ0v) is 17.2. The average Bonchev–Trinajstić information content (AvgIpc) is 3.15. The topological polar surface area (TPSA) is 128 Å². The molecule has 10 heteroatoms. The van der Waals surface area contributed by atoms with E-state index in [2.05, 4.69) is 5.10 Å². The number of hydrogen-bond donors (Lipinski definition) is 1. The molecule has 1 saturated carbocycles. The number of allylic oxidation sites excluding steroid dienone is 1. The standard InChI is InChI=1S/C21H19N5O4S/c22-21(31)24-20(15-6-2-8-17(12-15)26(29)30)18-9-3-5-14(19(18)23-24)10-13-4-1-7-16(11-13)25(27)28/h1-2,4,6-8,10-12,18,20H,3,5,9H2,(H2,22,31)/b14-10-/t18-,20+/m0/s1. The number of non-ortho nitro benzene ring substituents is 2. The van der Waals surface area contributed by atoms with E-state index in [4.69, 9.17) is 18.0 Å². The van der Waals surface area contributed by atoms with Gasteiger partial charge in [0.25, 0.3) is 11.4 Å². The molecule has 1 fully saturated rings. The summed E-state index contributed by atoms with van der Waals surface area (Å²) in [6.45, 7) is 0. The van der Waals surface area contributed by atoms with Gasteiger partial charge in [0.15, 0.2) is 5.11 Å². The molecular weight excluding hydrogens is 418 g/mol. The Hall–Kier alpha value is -3.66. The van der Waals surface area contributed by atoms with Crippen molar-refractivity contribution >= 4 is 40.5 Å². The highest BCUT2D eigenvalue weighted by Crippen LogP contribution is 2.44. The summed E-state index contributed by atoms with van der Waals surface area (Å²) in [5, 5.41) is 28.7. The highest BCUT2D eigenvalue weighted by molar-refractivity contribution is 7.80. The first-order valence-corrected chi connectivity index (χ1v) is 10.1. The third-order valence-corrected chi connectivity index (χ3v) is 5.76. The second-order valence-corrected chi connectivity index (χ2v) is 7.90. The van der Waals surface area contributed by atoms with Crippen LogP contribution in [0.4, 0.5) is 11.4 Å². The molecule has 1 aliphatic heterocycles.